The second kappa shape index (κ2) is 4.67. The molecule has 0 radical (unpaired) electrons. The lowest BCUT2D eigenvalue weighted by Gasteiger charge is -2.21. The Morgan fingerprint density at radius 2 is 1.92 bits per heavy atom. The standard InChI is InChI=1S/C7H15F3N2/c1-3-6(11)4-12(2)5-7(8,9)10/h6H,3-5,11H2,1-2H3. The van der Waals surface area contributed by atoms with E-state index in [0.29, 0.717) is 6.42 Å². The molecule has 0 aliphatic carbocycles. The van der Waals surface area contributed by atoms with Crippen molar-refractivity contribution in [3.8, 4) is 0 Å². The molecule has 74 valence electrons. The smallest absolute Gasteiger partial charge is 0.327 e. The number of hydrogen-bond acceptors (Lipinski definition) is 2. The van der Waals surface area contributed by atoms with Crippen LogP contribution in [0.2, 0.25) is 0 Å². The molecular formula is C7H15F3N2. The van der Waals surface area contributed by atoms with E-state index < -0.39 is 12.7 Å². The molecule has 0 saturated heterocycles. The maximum Gasteiger partial charge on any atom is 0.401 e. The maximum absolute atomic E-state index is 11.8. The Kier molecular flexibility index (Phi) is 4.55. The highest BCUT2D eigenvalue weighted by atomic mass is 19.4. The minimum absolute atomic E-state index is 0.169. The van der Waals surface area contributed by atoms with Crippen LogP contribution in [0.25, 0.3) is 0 Å². The Morgan fingerprint density at radius 1 is 1.42 bits per heavy atom. The van der Waals surface area contributed by atoms with Gasteiger partial charge in [0.15, 0.2) is 0 Å². The largest absolute Gasteiger partial charge is 0.401 e. The van der Waals surface area contributed by atoms with E-state index in [9.17, 15) is 13.2 Å². The number of alkyl halides is 3. The van der Waals surface area contributed by atoms with Gasteiger partial charge in [0, 0.05) is 12.6 Å². The lowest BCUT2D eigenvalue weighted by molar-refractivity contribution is -0.143. The van der Waals surface area contributed by atoms with Crippen LogP contribution in [0.3, 0.4) is 0 Å². The van der Waals surface area contributed by atoms with Crippen molar-refractivity contribution in [2.24, 2.45) is 5.73 Å². The summed E-state index contributed by atoms with van der Waals surface area (Å²) in [5.41, 5.74) is 5.48. The van der Waals surface area contributed by atoms with E-state index in [2.05, 4.69) is 0 Å². The Hall–Kier alpha value is -0.290. The first-order chi connectivity index (χ1) is 5.35. The highest BCUT2D eigenvalue weighted by Crippen LogP contribution is 2.15. The molecule has 0 aromatic rings. The average Bonchev–Trinajstić information content (AvgIpc) is 1.82. The summed E-state index contributed by atoms with van der Waals surface area (Å²) < 4.78 is 35.3. The Labute approximate surface area is 70.5 Å². The molecule has 0 aromatic heterocycles. The van der Waals surface area contributed by atoms with Gasteiger partial charge in [0.1, 0.15) is 0 Å². The lowest BCUT2D eigenvalue weighted by atomic mass is 10.2. The summed E-state index contributed by atoms with van der Waals surface area (Å²) in [6, 6.07) is -0.169. The Bertz CT molecular complexity index is 124. The third-order valence-electron chi connectivity index (χ3n) is 1.52. The fraction of sp³-hybridized carbons (Fsp3) is 1.00. The summed E-state index contributed by atoms with van der Waals surface area (Å²) in [5.74, 6) is 0. The molecule has 0 aliphatic rings. The molecule has 1 unspecified atom stereocenters. The SMILES string of the molecule is CCC(N)CN(C)CC(F)(F)F. The minimum Gasteiger partial charge on any atom is -0.327 e. The van der Waals surface area contributed by atoms with Gasteiger partial charge in [-0.2, -0.15) is 13.2 Å². The van der Waals surface area contributed by atoms with Gasteiger partial charge in [-0.3, -0.25) is 4.90 Å². The van der Waals surface area contributed by atoms with Crippen molar-refractivity contribution >= 4 is 0 Å². The summed E-state index contributed by atoms with van der Waals surface area (Å²) in [4.78, 5) is 1.19. The van der Waals surface area contributed by atoms with Gasteiger partial charge >= 0.3 is 6.18 Å². The monoisotopic (exact) mass is 184 g/mol. The van der Waals surface area contributed by atoms with E-state index in [1.165, 1.54) is 11.9 Å². The molecule has 5 heteroatoms. The molecular weight excluding hydrogens is 169 g/mol. The lowest BCUT2D eigenvalue weighted by Crippen LogP contribution is -2.39. The topological polar surface area (TPSA) is 29.3 Å². The number of nitrogens with two attached hydrogens (primary N) is 1. The van der Waals surface area contributed by atoms with E-state index in [1.54, 1.807) is 0 Å². The molecule has 0 rings (SSSR count). The molecule has 0 spiro atoms. The van der Waals surface area contributed by atoms with Gasteiger partial charge in [0.2, 0.25) is 0 Å². The van der Waals surface area contributed by atoms with Crippen molar-refractivity contribution in [1.82, 2.24) is 4.90 Å². The predicted molar refractivity (Wildman–Crippen MR) is 41.8 cm³/mol. The molecule has 12 heavy (non-hydrogen) atoms. The third-order valence-corrected chi connectivity index (χ3v) is 1.52. The van der Waals surface area contributed by atoms with Gasteiger partial charge in [-0.15, -0.1) is 0 Å². The Balaban J connectivity index is 3.66. The highest BCUT2D eigenvalue weighted by molar-refractivity contribution is 4.66. The van der Waals surface area contributed by atoms with E-state index >= 15 is 0 Å². The third kappa shape index (κ3) is 6.42. The van der Waals surface area contributed by atoms with Crippen molar-refractivity contribution in [2.75, 3.05) is 20.1 Å². The minimum atomic E-state index is -4.12. The van der Waals surface area contributed by atoms with Gasteiger partial charge in [-0.05, 0) is 13.5 Å². The molecule has 0 aliphatic heterocycles. The zero-order valence-electron chi connectivity index (χ0n) is 7.36. The zero-order valence-corrected chi connectivity index (χ0v) is 7.36. The van der Waals surface area contributed by atoms with Crippen LogP contribution < -0.4 is 5.73 Å². The number of likely N-dealkylation sites (N-methyl/N-ethyl adjacent to an activating group) is 1. The molecule has 0 fully saturated rings. The van der Waals surface area contributed by atoms with Crippen molar-refractivity contribution < 1.29 is 13.2 Å². The summed E-state index contributed by atoms with van der Waals surface area (Å²) >= 11 is 0. The van der Waals surface area contributed by atoms with E-state index in [-0.39, 0.29) is 12.6 Å². The highest BCUT2D eigenvalue weighted by Gasteiger charge is 2.29. The number of hydrogen-bond donors (Lipinski definition) is 1. The summed E-state index contributed by atoms with van der Waals surface area (Å²) in [7, 11) is 1.42. The summed E-state index contributed by atoms with van der Waals surface area (Å²) in [5, 5.41) is 0. The number of rotatable bonds is 4. The quantitative estimate of drug-likeness (QED) is 0.711. The van der Waals surface area contributed by atoms with Gasteiger partial charge in [0.05, 0.1) is 6.54 Å². The van der Waals surface area contributed by atoms with Crippen LogP contribution in [0, 0.1) is 0 Å². The molecule has 2 N–H and O–H groups in total. The summed E-state index contributed by atoms with van der Waals surface area (Å²) in [6.45, 7) is 1.25. The second-order valence-corrected chi connectivity index (χ2v) is 2.98. The van der Waals surface area contributed by atoms with Gasteiger partial charge in [-0.1, -0.05) is 6.92 Å². The van der Waals surface area contributed by atoms with Crippen LogP contribution in [0.4, 0.5) is 13.2 Å². The fourth-order valence-corrected chi connectivity index (χ4v) is 0.900. The van der Waals surface area contributed by atoms with Crippen LogP contribution in [-0.2, 0) is 0 Å². The van der Waals surface area contributed by atoms with Crippen molar-refractivity contribution in [3.63, 3.8) is 0 Å². The van der Waals surface area contributed by atoms with Crippen LogP contribution in [0.1, 0.15) is 13.3 Å². The molecule has 2 nitrogen and oxygen atoms in total. The maximum atomic E-state index is 11.8. The normalized spacial score (nSPS) is 15.2. The first-order valence-electron chi connectivity index (χ1n) is 3.86. The molecule has 0 bridgehead atoms. The average molecular weight is 184 g/mol. The van der Waals surface area contributed by atoms with E-state index in [4.69, 9.17) is 5.73 Å². The van der Waals surface area contributed by atoms with E-state index in [1.807, 2.05) is 6.92 Å². The molecule has 1 atom stereocenters. The molecule has 0 heterocycles. The van der Waals surface area contributed by atoms with Crippen molar-refractivity contribution in [1.29, 1.82) is 0 Å². The second-order valence-electron chi connectivity index (χ2n) is 2.98. The van der Waals surface area contributed by atoms with Gasteiger partial charge < -0.3 is 5.73 Å². The number of nitrogens with zero attached hydrogens (tertiary/aromatic N) is 1. The predicted octanol–water partition coefficient (Wildman–Crippen LogP) is 1.22. The number of halogens is 3. The first kappa shape index (κ1) is 11.7. The molecule has 0 amide bonds. The fourth-order valence-electron chi connectivity index (χ4n) is 0.900. The first-order valence-corrected chi connectivity index (χ1v) is 3.86. The van der Waals surface area contributed by atoms with Gasteiger partial charge in [0.25, 0.3) is 0 Å². The van der Waals surface area contributed by atoms with Crippen LogP contribution in [0.15, 0.2) is 0 Å². The zero-order chi connectivity index (χ0) is 9.78. The van der Waals surface area contributed by atoms with Crippen molar-refractivity contribution in [2.45, 2.75) is 25.6 Å². The summed E-state index contributed by atoms with van der Waals surface area (Å²) in [6.07, 6.45) is -3.43. The Morgan fingerprint density at radius 3 is 2.25 bits per heavy atom. The van der Waals surface area contributed by atoms with Crippen molar-refractivity contribution in [3.05, 3.63) is 0 Å². The van der Waals surface area contributed by atoms with Crippen LogP contribution in [-0.4, -0.2) is 37.3 Å². The van der Waals surface area contributed by atoms with E-state index in [0.717, 1.165) is 0 Å². The van der Waals surface area contributed by atoms with Gasteiger partial charge in [-0.25, -0.2) is 0 Å². The van der Waals surface area contributed by atoms with Crippen LogP contribution >= 0.6 is 0 Å². The molecule has 0 saturated carbocycles. The molecule has 0 aromatic carbocycles. The van der Waals surface area contributed by atoms with Crippen LogP contribution in [0.5, 0.6) is 0 Å².